The monoisotopic (exact) mass is 205 g/mol. The molecule has 3 heteroatoms. The molecule has 0 aliphatic carbocycles. The van der Waals surface area contributed by atoms with Crippen molar-refractivity contribution < 1.29 is 38.1 Å². The van der Waals surface area contributed by atoms with Gasteiger partial charge in [-0.1, -0.05) is 17.8 Å². The van der Waals surface area contributed by atoms with Crippen LogP contribution < -0.4 is 5.41 Å². The van der Waals surface area contributed by atoms with Crippen molar-refractivity contribution in [3.05, 3.63) is 12.7 Å². The molecule has 0 saturated carbocycles. The second kappa shape index (κ2) is 7.86. The molecule has 0 spiro atoms. The zero-order chi connectivity index (χ0) is 5.70. The molecule has 0 bridgehead atoms. The van der Waals surface area contributed by atoms with Gasteiger partial charge in [-0.3, -0.25) is 5.41 Å². The van der Waals surface area contributed by atoms with Crippen LogP contribution in [0.4, 0.5) is 0 Å². The average Bonchev–Trinajstić information content (AvgIpc) is 1.61. The molecule has 0 aromatic heterocycles. The van der Waals surface area contributed by atoms with Crippen molar-refractivity contribution >= 4 is 16.8 Å². The molecule has 1 nitrogen and oxygen atoms in total. The van der Waals surface area contributed by atoms with Crippen LogP contribution in [0.1, 0.15) is 6.92 Å². The Morgan fingerprint density at radius 2 is 2.38 bits per heavy atom. The predicted octanol–water partition coefficient (Wildman–Crippen LogP) is 0.0806. The van der Waals surface area contributed by atoms with Gasteiger partial charge in [0, 0.05) is 45.4 Å². The predicted molar refractivity (Wildman–Crippen MR) is 35.3 cm³/mol. The minimum Gasteiger partial charge on any atom is -0.253 e. The van der Waals surface area contributed by atoms with Gasteiger partial charge in [0.1, 0.15) is 0 Å². The molecule has 1 radical (unpaired) electrons. The SMILES string of the molecule is C=CCSC(C)=[NH2+].[Y]. The maximum atomic E-state index is 5.31. The second-order valence-electron chi connectivity index (χ2n) is 1.21. The number of hydrogen-bond donors (Lipinski definition) is 1. The number of hydrogen-bond acceptors (Lipinski definition) is 1. The third-order valence-electron chi connectivity index (χ3n) is 0.429. The molecular weight excluding hydrogens is 195 g/mol. The summed E-state index contributed by atoms with van der Waals surface area (Å²) < 4.78 is 0. The third-order valence-corrected chi connectivity index (χ3v) is 1.29. The Morgan fingerprint density at radius 3 is 2.50 bits per heavy atom. The molecule has 0 atom stereocenters. The zero-order valence-corrected chi connectivity index (χ0v) is 8.71. The summed E-state index contributed by atoms with van der Waals surface area (Å²) in [6.07, 6.45) is 1.83. The molecule has 0 aromatic rings. The Hall–Kier alpha value is 0.864. The minimum atomic E-state index is 0. The fraction of sp³-hybridized carbons (Fsp3) is 0.400. The average molecular weight is 205 g/mol. The van der Waals surface area contributed by atoms with Crippen LogP contribution >= 0.6 is 11.8 Å². The van der Waals surface area contributed by atoms with Gasteiger partial charge in [0.05, 0.1) is 0 Å². The first-order valence-electron chi connectivity index (χ1n) is 2.10. The van der Waals surface area contributed by atoms with Crippen molar-refractivity contribution in [1.82, 2.24) is 0 Å². The number of nitrogens with two attached hydrogens (primary N) is 1. The van der Waals surface area contributed by atoms with E-state index in [1.807, 2.05) is 13.0 Å². The van der Waals surface area contributed by atoms with Crippen molar-refractivity contribution in [2.75, 3.05) is 5.75 Å². The van der Waals surface area contributed by atoms with Crippen LogP contribution in [-0.2, 0) is 32.7 Å². The first-order chi connectivity index (χ1) is 3.27. The number of rotatable bonds is 2. The molecule has 43 valence electrons. The zero-order valence-electron chi connectivity index (χ0n) is 5.05. The third kappa shape index (κ3) is 9.98. The van der Waals surface area contributed by atoms with E-state index in [0.29, 0.717) is 0 Å². The summed E-state index contributed by atoms with van der Waals surface area (Å²) in [5.41, 5.74) is 0. The Balaban J connectivity index is 0. The first-order valence-corrected chi connectivity index (χ1v) is 3.08. The maximum absolute atomic E-state index is 5.31. The topological polar surface area (TPSA) is 25.6 Å². The van der Waals surface area contributed by atoms with Gasteiger partial charge in [0.15, 0.2) is 0 Å². The van der Waals surface area contributed by atoms with E-state index < -0.39 is 0 Å². The molecule has 2 N–H and O–H groups in total. The molecule has 0 unspecified atom stereocenters. The van der Waals surface area contributed by atoms with Crippen molar-refractivity contribution in [3.8, 4) is 0 Å². The molecule has 0 aliphatic heterocycles. The van der Waals surface area contributed by atoms with Gasteiger partial charge in [-0.2, -0.15) is 0 Å². The van der Waals surface area contributed by atoms with Crippen LogP contribution in [0.5, 0.6) is 0 Å². The van der Waals surface area contributed by atoms with E-state index in [2.05, 4.69) is 6.58 Å². The van der Waals surface area contributed by atoms with Crippen molar-refractivity contribution in [2.24, 2.45) is 0 Å². The Morgan fingerprint density at radius 1 is 1.88 bits per heavy atom. The van der Waals surface area contributed by atoms with E-state index in [1.54, 1.807) is 11.8 Å². The molecule has 0 amide bonds. The number of thioether (sulfide) groups is 1. The molecule has 0 heterocycles. The van der Waals surface area contributed by atoms with Gasteiger partial charge < -0.3 is 0 Å². The van der Waals surface area contributed by atoms with Gasteiger partial charge in [-0.15, -0.1) is 6.58 Å². The molecule has 0 saturated heterocycles. The van der Waals surface area contributed by atoms with Gasteiger partial charge in [0.2, 0.25) is 5.04 Å². The summed E-state index contributed by atoms with van der Waals surface area (Å²) in [6.45, 7) is 5.43. The summed E-state index contributed by atoms with van der Waals surface area (Å²) >= 11 is 1.61. The summed E-state index contributed by atoms with van der Waals surface area (Å²) in [5.74, 6) is 0.919. The van der Waals surface area contributed by atoms with E-state index in [4.69, 9.17) is 5.41 Å². The summed E-state index contributed by atoms with van der Waals surface area (Å²) in [7, 11) is 0. The fourth-order valence-electron chi connectivity index (χ4n) is 0.190. The normalized spacial score (nSPS) is 7.12. The van der Waals surface area contributed by atoms with Gasteiger partial charge in [-0.05, 0) is 0 Å². The van der Waals surface area contributed by atoms with Crippen LogP contribution in [0.25, 0.3) is 0 Å². The molecular formula is C5H10NSY+. The largest absolute Gasteiger partial charge is 0.253 e. The van der Waals surface area contributed by atoms with Crippen molar-refractivity contribution in [1.29, 1.82) is 0 Å². The fourth-order valence-corrected chi connectivity index (χ4v) is 0.571. The van der Waals surface area contributed by atoms with Crippen LogP contribution in [0, 0.1) is 0 Å². The van der Waals surface area contributed by atoms with Crippen LogP contribution in [0.15, 0.2) is 12.7 Å². The molecule has 0 aromatic carbocycles. The van der Waals surface area contributed by atoms with Crippen molar-refractivity contribution in [3.63, 3.8) is 0 Å². The van der Waals surface area contributed by atoms with Gasteiger partial charge in [-0.25, -0.2) is 0 Å². The van der Waals surface area contributed by atoms with Crippen LogP contribution in [-0.4, -0.2) is 10.8 Å². The molecule has 8 heavy (non-hydrogen) atoms. The van der Waals surface area contributed by atoms with E-state index in [0.717, 1.165) is 10.8 Å². The smallest absolute Gasteiger partial charge is 0.204 e. The summed E-state index contributed by atoms with van der Waals surface area (Å²) in [5, 5.41) is 6.21. The Labute approximate surface area is 79.7 Å². The van der Waals surface area contributed by atoms with E-state index in [-0.39, 0.29) is 32.7 Å². The Bertz CT molecular complexity index is 82.5. The summed E-state index contributed by atoms with van der Waals surface area (Å²) in [4.78, 5) is 0. The van der Waals surface area contributed by atoms with Crippen molar-refractivity contribution in [2.45, 2.75) is 6.92 Å². The quantitative estimate of drug-likeness (QED) is 0.385. The van der Waals surface area contributed by atoms with Gasteiger partial charge in [0.25, 0.3) is 0 Å². The standard InChI is InChI=1S/C5H9NS.Y/c1-3-4-7-5(2)6;/h3,6H,1,4H2,2H3;/p+1. The van der Waals surface area contributed by atoms with E-state index >= 15 is 0 Å². The van der Waals surface area contributed by atoms with Crippen LogP contribution in [0.2, 0.25) is 0 Å². The molecule has 0 rings (SSSR count). The first kappa shape index (κ1) is 11.6. The van der Waals surface area contributed by atoms with E-state index in [1.165, 1.54) is 0 Å². The Kier molecular flexibility index (Phi) is 11.4. The van der Waals surface area contributed by atoms with E-state index in [9.17, 15) is 0 Å². The van der Waals surface area contributed by atoms with Gasteiger partial charge >= 0.3 is 0 Å². The molecule has 0 aliphatic rings. The minimum absolute atomic E-state index is 0. The second-order valence-corrected chi connectivity index (χ2v) is 2.48. The maximum Gasteiger partial charge on any atom is 0.204 e. The molecule has 0 fully saturated rings. The van der Waals surface area contributed by atoms with Crippen LogP contribution in [0.3, 0.4) is 0 Å². The summed E-state index contributed by atoms with van der Waals surface area (Å²) in [6, 6.07) is 0.